The summed E-state index contributed by atoms with van der Waals surface area (Å²) in [5.74, 6) is -0.851. The fraction of sp³-hybridized carbons (Fsp3) is 0.533. The van der Waals surface area contributed by atoms with Crippen LogP contribution in [0, 0.1) is 0 Å². The first kappa shape index (κ1) is 18.6. The minimum absolute atomic E-state index is 0.0308. The second kappa shape index (κ2) is 5.96. The first-order valence-electron chi connectivity index (χ1n) is 7.19. The van der Waals surface area contributed by atoms with Crippen LogP contribution in [-0.2, 0) is 21.1 Å². The van der Waals surface area contributed by atoms with E-state index in [2.05, 4.69) is 0 Å². The highest BCUT2D eigenvalue weighted by atomic mass is 32.2. The molecule has 24 heavy (non-hydrogen) atoms. The van der Waals surface area contributed by atoms with Crippen molar-refractivity contribution < 1.29 is 27.5 Å². The van der Waals surface area contributed by atoms with E-state index < -0.39 is 27.3 Å². The molecule has 1 amide bonds. The number of nitrogens with zero attached hydrogens (tertiary/aromatic N) is 1. The Bertz CT molecular complexity index is 829. The summed E-state index contributed by atoms with van der Waals surface area (Å²) in [6, 6.07) is 0. The molecule has 0 fully saturated rings. The summed E-state index contributed by atoms with van der Waals surface area (Å²) < 4.78 is 29.0. The highest BCUT2D eigenvalue weighted by molar-refractivity contribution is 7.92. The molecular weight excluding hydrogens is 354 g/mol. The fourth-order valence-electron chi connectivity index (χ4n) is 2.38. The molecule has 2 heterocycles. The second-order valence-corrected chi connectivity index (χ2v) is 9.89. The predicted octanol–water partition coefficient (Wildman–Crippen LogP) is 2.29. The van der Waals surface area contributed by atoms with E-state index in [1.807, 2.05) is 0 Å². The van der Waals surface area contributed by atoms with Crippen molar-refractivity contribution >= 4 is 38.8 Å². The third-order valence-corrected chi connectivity index (χ3v) is 6.41. The van der Waals surface area contributed by atoms with Crippen LogP contribution in [0.15, 0.2) is 4.21 Å². The molecule has 0 atom stereocenters. The van der Waals surface area contributed by atoms with Gasteiger partial charge in [0.1, 0.15) is 9.81 Å². The van der Waals surface area contributed by atoms with Crippen molar-refractivity contribution in [2.24, 2.45) is 0 Å². The number of ketones is 2. The summed E-state index contributed by atoms with van der Waals surface area (Å²) in [6.45, 7) is 6.10. The van der Waals surface area contributed by atoms with Gasteiger partial charge in [-0.15, -0.1) is 11.3 Å². The van der Waals surface area contributed by atoms with Gasteiger partial charge in [0.15, 0.2) is 21.4 Å². The van der Waals surface area contributed by atoms with Crippen LogP contribution in [-0.4, -0.2) is 49.4 Å². The lowest BCUT2D eigenvalue weighted by atomic mass is 10.0. The van der Waals surface area contributed by atoms with Crippen LogP contribution in [0.3, 0.4) is 0 Å². The number of carbonyl (C=O) groups is 3. The molecule has 0 saturated carbocycles. The monoisotopic (exact) mass is 373 g/mol. The van der Waals surface area contributed by atoms with Crippen molar-refractivity contribution in [3.8, 4) is 0 Å². The van der Waals surface area contributed by atoms with Gasteiger partial charge >= 0.3 is 6.09 Å². The topological polar surface area (TPSA) is 97.8 Å². The number of carbonyl (C=O) groups excluding carboxylic acids is 3. The Morgan fingerprint density at radius 2 is 1.79 bits per heavy atom. The van der Waals surface area contributed by atoms with Crippen molar-refractivity contribution in [2.45, 2.75) is 44.0 Å². The van der Waals surface area contributed by atoms with E-state index in [1.165, 1.54) is 11.8 Å². The first-order chi connectivity index (χ1) is 10.8. The van der Waals surface area contributed by atoms with Gasteiger partial charge in [0.05, 0.1) is 23.5 Å². The van der Waals surface area contributed by atoms with Crippen molar-refractivity contribution in [2.75, 3.05) is 12.8 Å². The molecule has 1 aromatic heterocycles. The van der Waals surface area contributed by atoms with Gasteiger partial charge in [-0.3, -0.25) is 14.5 Å². The standard InChI is InChI=1S/C15H19NO6S2/c1-8(17)12-9-6-16(14(19)22-15(2,3)4)7-10(18)11(9)13(23-12)24(5,20)21/h6-7H2,1-5H3. The second-order valence-electron chi connectivity index (χ2n) is 6.66. The Morgan fingerprint density at radius 1 is 1.21 bits per heavy atom. The van der Waals surface area contributed by atoms with Crippen LogP contribution >= 0.6 is 11.3 Å². The maximum absolute atomic E-state index is 12.5. The number of fused-ring (bicyclic) bond motifs is 1. The maximum Gasteiger partial charge on any atom is 0.411 e. The van der Waals surface area contributed by atoms with Gasteiger partial charge in [-0.25, -0.2) is 13.2 Å². The Labute approximate surface area is 144 Å². The van der Waals surface area contributed by atoms with Gasteiger partial charge in [-0.1, -0.05) is 0 Å². The van der Waals surface area contributed by atoms with Gasteiger partial charge in [0.25, 0.3) is 0 Å². The molecule has 1 aromatic rings. The lowest BCUT2D eigenvalue weighted by Crippen LogP contribution is -2.42. The predicted molar refractivity (Wildman–Crippen MR) is 88.4 cm³/mol. The molecule has 0 radical (unpaired) electrons. The zero-order valence-corrected chi connectivity index (χ0v) is 15.8. The normalized spacial score (nSPS) is 15.2. The van der Waals surface area contributed by atoms with Gasteiger partial charge in [0.2, 0.25) is 0 Å². The minimum Gasteiger partial charge on any atom is -0.444 e. The number of thiophene rings is 1. The summed E-state index contributed by atoms with van der Waals surface area (Å²) in [5, 5.41) is 0. The molecule has 2 rings (SSSR count). The van der Waals surface area contributed by atoms with E-state index in [1.54, 1.807) is 20.8 Å². The molecule has 9 heteroatoms. The number of hydrogen-bond acceptors (Lipinski definition) is 7. The largest absolute Gasteiger partial charge is 0.444 e. The van der Waals surface area contributed by atoms with Gasteiger partial charge < -0.3 is 4.74 Å². The number of hydrogen-bond donors (Lipinski definition) is 0. The van der Waals surface area contributed by atoms with E-state index in [-0.39, 0.29) is 39.1 Å². The molecule has 0 N–H and O–H groups in total. The molecule has 0 aliphatic carbocycles. The number of sulfone groups is 1. The summed E-state index contributed by atoms with van der Waals surface area (Å²) >= 11 is 0.784. The molecule has 0 unspecified atom stereocenters. The lowest BCUT2D eigenvalue weighted by Gasteiger charge is -2.29. The highest BCUT2D eigenvalue weighted by Crippen LogP contribution is 2.36. The third-order valence-electron chi connectivity index (χ3n) is 3.25. The molecule has 0 saturated heterocycles. The van der Waals surface area contributed by atoms with Crippen molar-refractivity contribution in [1.82, 2.24) is 4.90 Å². The maximum atomic E-state index is 12.5. The van der Waals surface area contributed by atoms with E-state index in [0.717, 1.165) is 17.6 Å². The van der Waals surface area contributed by atoms with Crippen LogP contribution < -0.4 is 0 Å². The van der Waals surface area contributed by atoms with Crippen LogP contribution in [0.4, 0.5) is 4.79 Å². The quantitative estimate of drug-likeness (QED) is 0.738. The Balaban J connectivity index is 2.50. The summed E-state index contributed by atoms with van der Waals surface area (Å²) in [7, 11) is -3.65. The number of Topliss-reactive ketones (excluding diaryl/α,β-unsaturated/α-hetero) is 2. The molecule has 1 aliphatic heterocycles. The molecule has 0 aromatic carbocycles. The lowest BCUT2D eigenvalue weighted by molar-refractivity contribution is 0.0219. The van der Waals surface area contributed by atoms with Crippen LogP contribution in [0.25, 0.3) is 0 Å². The zero-order valence-electron chi connectivity index (χ0n) is 14.1. The highest BCUT2D eigenvalue weighted by Gasteiger charge is 2.37. The van der Waals surface area contributed by atoms with Crippen LogP contribution in [0.2, 0.25) is 0 Å². The summed E-state index contributed by atoms with van der Waals surface area (Å²) in [5.41, 5.74) is -0.404. The fourth-order valence-corrected chi connectivity index (χ4v) is 4.80. The average Bonchev–Trinajstić information content (AvgIpc) is 2.76. The summed E-state index contributed by atoms with van der Waals surface area (Å²) in [4.78, 5) is 37.9. The number of amides is 1. The molecule has 1 aliphatic rings. The third kappa shape index (κ3) is 3.67. The zero-order chi connectivity index (χ0) is 18.4. The molecular formula is C15H19NO6S2. The van der Waals surface area contributed by atoms with E-state index in [0.29, 0.717) is 0 Å². The van der Waals surface area contributed by atoms with E-state index in [9.17, 15) is 22.8 Å². The van der Waals surface area contributed by atoms with Crippen molar-refractivity contribution in [3.63, 3.8) is 0 Å². The minimum atomic E-state index is -3.65. The molecule has 0 spiro atoms. The summed E-state index contributed by atoms with van der Waals surface area (Å²) in [6.07, 6.45) is 0.319. The Morgan fingerprint density at radius 3 is 2.25 bits per heavy atom. The molecule has 132 valence electrons. The average molecular weight is 373 g/mol. The molecule has 7 nitrogen and oxygen atoms in total. The van der Waals surface area contributed by atoms with E-state index in [4.69, 9.17) is 4.74 Å². The first-order valence-corrected chi connectivity index (χ1v) is 9.90. The number of rotatable bonds is 2. The smallest absolute Gasteiger partial charge is 0.411 e. The van der Waals surface area contributed by atoms with E-state index >= 15 is 0 Å². The Kier molecular flexibility index (Phi) is 4.62. The van der Waals surface area contributed by atoms with Crippen LogP contribution in [0.5, 0.6) is 0 Å². The SMILES string of the molecule is CC(=O)c1sc(S(C)(=O)=O)c2c1CN(C(=O)OC(C)(C)C)CC2=O. The van der Waals surface area contributed by atoms with Crippen molar-refractivity contribution in [3.05, 3.63) is 16.0 Å². The van der Waals surface area contributed by atoms with Gasteiger partial charge in [0, 0.05) is 11.8 Å². The van der Waals surface area contributed by atoms with Crippen molar-refractivity contribution in [1.29, 1.82) is 0 Å². The molecule has 0 bridgehead atoms. The van der Waals surface area contributed by atoms with Gasteiger partial charge in [-0.2, -0.15) is 0 Å². The van der Waals surface area contributed by atoms with Gasteiger partial charge in [-0.05, 0) is 27.7 Å². The van der Waals surface area contributed by atoms with Crippen LogP contribution in [0.1, 0.15) is 53.3 Å². The number of ether oxygens (including phenoxy) is 1. The Hall–Kier alpha value is -1.74.